The molecule has 0 bridgehead atoms. The van der Waals surface area contributed by atoms with Crippen molar-refractivity contribution in [3.05, 3.63) is 51.8 Å². The summed E-state index contributed by atoms with van der Waals surface area (Å²) in [6.07, 6.45) is 2.50. The summed E-state index contributed by atoms with van der Waals surface area (Å²) in [6.45, 7) is 0. The van der Waals surface area contributed by atoms with Gasteiger partial charge in [0, 0.05) is 41.3 Å². The van der Waals surface area contributed by atoms with E-state index in [1.165, 1.54) is 0 Å². The summed E-state index contributed by atoms with van der Waals surface area (Å²) in [6, 6.07) is 7.08. The van der Waals surface area contributed by atoms with Gasteiger partial charge in [-0.05, 0) is 18.2 Å². The second kappa shape index (κ2) is 5.08. The van der Waals surface area contributed by atoms with Crippen molar-refractivity contribution in [2.75, 3.05) is 0 Å². The number of hydrogen-bond donors (Lipinski definition) is 1. The van der Waals surface area contributed by atoms with Crippen LogP contribution in [-0.2, 0) is 13.5 Å². The van der Waals surface area contributed by atoms with Crippen molar-refractivity contribution in [3.63, 3.8) is 0 Å². The number of nitrogens with zero attached hydrogens (tertiary/aromatic N) is 2. The van der Waals surface area contributed by atoms with Crippen LogP contribution >= 0.6 is 23.2 Å². The predicted molar refractivity (Wildman–Crippen MR) is 70.3 cm³/mol. The lowest BCUT2D eigenvalue weighted by Crippen LogP contribution is -2.15. The quantitative estimate of drug-likeness (QED) is 0.931. The fourth-order valence-corrected chi connectivity index (χ4v) is 2.44. The number of nitrogens with two attached hydrogens (primary N) is 1. The smallest absolute Gasteiger partial charge is 0.0643 e. The highest BCUT2D eigenvalue weighted by molar-refractivity contribution is 6.36. The zero-order valence-corrected chi connectivity index (χ0v) is 10.9. The van der Waals surface area contributed by atoms with Gasteiger partial charge in [0.2, 0.25) is 0 Å². The summed E-state index contributed by atoms with van der Waals surface area (Å²) < 4.78 is 1.75. The average molecular weight is 270 g/mol. The van der Waals surface area contributed by atoms with E-state index in [2.05, 4.69) is 5.10 Å². The molecule has 0 aliphatic carbocycles. The molecule has 0 saturated heterocycles. The van der Waals surface area contributed by atoms with E-state index in [0.29, 0.717) is 16.5 Å². The molecule has 5 heteroatoms. The first-order valence-corrected chi connectivity index (χ1v) is 6.01. The van der Waals surface area contributed by atoms with Crippen molar-refractivity contribution in [3.8, 4) is 0 Å². The molecule has 0 aliphatic heterocycles. The van der Waals surface area contributed by atoms with E-state index in [1.54, 1.807) is 16.8 Å². The average Bonchev–Trinajstić information content (AvgIpc) is 2.63. The van der Waals surface area contributed by atoms with Crippen molar-refractivity contribution in [2.24, 2.45) is 12.8 Å². The van der Waals surface area contributed by atoms with Crippen LogP contribution in [-0.4, -0.2) is 9.78 Å². The van der Waals surface area contributed by atoms with Gasteiger partial charge in [0.05, 0.1) is 5.69 Å². The number of rotatable bonds is 3. The van der Waals surface area contributed by atoms with E-state index in [1.807, 2.05) is 25.4 Å². The second-order valence-electron chi connectivity index (χ2n) is 3.93. The molecule has 2 rings (SSSR count). The van der Waals surface area contributed by atoms with E-state index in [0.717, 1.165) is 11.3 Å². The molecule has 3 nitrogen and oxygen atoms in total. The van der Waals surface area contributed by atoms with E-state index >= 15 is 0 Å². The van der Waals surface area contributed by atoms with Crippen LogP contribution in [0.5, 0.6) is 0 Å². The molecule has 1 atom stereocenters. The first-order valence-electron chi connectivity index (χ1n) is 5.26. The Labute approximate surface area is 110 Å². The number of hydrogen-bond acceptors (Lipinski definition) is 2. The van der Waals surface area contributed by atoms with E-state index < -0.39 is 0 Å². The molecule has 0 spiro atoms. The maximum atomic E-state index is 6.12. The van der Waals surface area contributed by atoms with Crippen molar-refractivity contribution < 1.29 is 0 Å². The van der Waals surface area contributed by atoms with Crippen LogP contribution in [0.2, 0.25) is 10.0 Å². The van der Waals surface area contributed by atoms with Crippen molar-refractivity contribution in [2.45, 2.75) is 12.5 Å². The van der Waals surface area contributed by atoms with Crippen LogP contribution in [0.25, 0.3) is 0 Å². The summed E-state index contributed by atoms with van der Waals surface area (Å²) in [4.78, 5) is 0. The molecular weight excluding hydrogens is 257 g/mol. The van der Waals surface area contributed by atoms with Gasteiger partial charge < -0.3 is 5.73 Å². The van der Waals surface area contributed by atoms with Gasteiger partial charge in [-0.1, -0.05) is 29.3 Å². The second-order valence-corrected chi connectivity index (χ2v) is 4.74. The molecule has 90 valence electrons. The van der Waals surface area contributed by atoms with Gasteiger partial charge in [-0.15, -0.1) is 0 Å². The lowest BCUT2D eigenvalue weighted by Gasteiger charge is -2.14. The minimum absolute atomic E-state index is 0.244. The van der Waals surface area contributed by atoms with Crippen molar-refractivity contribution in [1.29, 1.82) is 0 Å². The summed E-state index contributed by atoms with van der Waals surface area (Å²) >= 11 is 12.2. The minimum Gasteiger partial charge on any atom is -0.324 e. The Kier molecular flexibility index (Phi) is 3.72. The van der Waals surface area contributed by atoms with E-state index in [4.69, 9.17) is 28.9 Å². The summed E-state index contributed by atoms with van der Waals surface area (Å²) in [5.41, 5.74) is 7.83. The molecule has 1 aromatic heterocycles. The molecule has 1 unspecified atom stereocenters. The molecule has 2 N–H and O–H groups in total. The highest BCUT2D eigenvalue weighted by atomic mass is 35.5. The Hall–Kier alpha value is -1.03. The largest absolute Gasteiger partial charge is 0.324 e. The summed E-state index contributed by atoms with van der Waals surface area (Å²) in [5, 5.41) is 5.48. The molecule has 0 amide bonds. The molecule has 1 heterocycles. The van der Waals surface area contributed by atoms with Crippen LogP contribution < -0.4 is 5.73 Å². The fraction of sp³-hybridized carbons (Fsp3) is 0.250. The molecule has 0 saturated carbocycles. The third-order valence-electron chi connectivity index (χ3n) is 2.57. The number of aromatic nitrogens is 2. The Morgan fingerprint density at radius 2 is 1.94 bits per heavy atom. The monoisotopic (exact) mass is 269 g/mol. The fourth-order valence-electron chi connectivity index (χ4n) is 1.76. The first kappa shape index (κ1) is 12.4. The van der Waals surface area contributed by atoms with Crippen LogP contribution in [0, 0.1) is 0 Å². The van der Waals surface area contributed by atoms with Crippen molar-refractivity contribution in [1.82, 2.24) is 9.78 Å². The van der Waals surface area contributed by atoms with Gasteiger partial charge in [-0.3, -0.25) is 4.68 Å². The zero-order valence-electron chi connectivity index (χ0n) is 9.40. The topological polar surface area (TPSA) is 43.8 Å². The summed E-state index contributed by atoms with van der Waals surface area (Å²) in [5.74, 6) is 0. The highest BCUT2D eigenvalue weighted by Crippen LogP contribution is 2.30. The standard InChI is InChI=1S/C12H13Cl2N3/c1-17-6-5-8(16-17)7-11(15)12-9(13)3-2-4-10(12)14/h2-6,11H,7,15H2,1H3. The van der Waals surface area contributed by atoms with Crippen LogP contribution in [0.4, 0.5) is 0 Å². The number of benzene rings is 1. The van der Waals surface area contributed by atoms with Gasteiger partial charge in [0.1, 0.15) is 0 Å². The lowest BCUT2D eigenvalue weighted by molar-refractivity contribution is 0.675. The molecule has 1 aromatic carbocycles. The Morgan fingerprint density at radius 1 is 1.29 bits per heavy atom. The SMILES string of the molecule is Cn1ccc(CC(N)c2c(Cl)cccc2Cl)n1. The minimum atomic E-state index is -0.244. The number of aryl methyl sites for hydroxylation is 1. The molecule has 0 fully saturated rings. The third kappa shape index (κ3) is 2.80. The number of halogens is 2. The van der Waals surface area contributed by atoms with Crippen molar-refractivity contribution >= 4 is 23.2 Å². The maximum Gasteiger partial charge on any atom is 0.0643 e. The van der Waals surface area contributed by atoms with Crippen LogP contribution in [0.3, 0.4) is 0 Å². The normalized spacial score (nSPS) is 12.7. The molecule has 0 radical (unpaired) electrons. The van der Waals surface area contributed by atoms with Crippen LogP contribution in [0.15, 0.2) is 30.5 Å². The molecule has 2 aromatic rings. The van der Waals surface area contributed by atoms with Gasteiger partial charge >= 0.3 is 0 Å². The first-order chi connectivity index (χ1) is 8.08. The third-order valence-corrected chi connectivity index (χ3v) is 3.23. The van der Waals surface area contributed by atoms with E-state index in [-0.39, 0.29) is 6.04 Å². The van der Waals surface area contributed by atoms with E-state index in [9.17, 15) is 0 Å². The van der Waals surface area contributed by atoms with Gasteiger partial charge in [-0.25, -0.2) is 0 Å². The Bertz CT molecular complexity index is 502. The molecule has 17 heavy (non-hydrogen) atoms. The summed E-state index contributed by atoms with van der Waals surface area (Å²) in [7, 11) is 1.87. The predicted octanol–water partition coefficient (Wildman–Crippen LogP) is 2.97. The van der Waals surface area contributed by atoms with Crippen LogP contribution in [0.1, 0.15) is 17.3 Å². The lowest BCUT2D eigenvalue weighted by atomic mass is 10.0. The van der Waals surface area contributed by atoms with Gasteiger partial charge in [0.25, 0.3) is 0 Å². The molecule has 0 aliphatic rings. The molecular formula is C12H13Cl2N3. The Balaban J connectivity index is 2.22. The maximum absolute atomic E-state index is 6.12. The zero-order chi connectivity index (χ0) is 12.4. The van der Waals surface area contributed by atoms with Gasteiger partial charge in [0.15, 0.2) is 0 Å². The Morgan fingerprint density at radius 3 is 2.47 bits per heavy atom. The highest BCUT2D eigenvalue weighted by Gasteiger charge is 2.15. The van der Waals surface area contributed by atoms with Gasteiger partial charge in [-0.2, -0.15) is 5.10 Å².